The van der Waals surface area contributed by atoms with Crippen LogP contribution < -0.4 is 5.32 Å². The quantitative estimate of drug-likeness (QED) is 0.672. The van der Waals surface area contributed by atoms with Crippen molar-refractivity contribution in [3.63, 3.8) is 0 Å². The first-order valence-electron chi connectivity index (χ1n) is 5.90. The number of hydrogen-bond donors (Lipinski definition) is 1. The predicted octanol–water partition coefficient (Wildman–Crippen LogP) is 1.63. The van der Waals surface area contributed by atoms with Gasteiger partial charge in [0.2, 0.25) is 0 Å². The molecule has 14 heavy (non-hydrogen) atoms. The van der Waals surface area contributed by atoms with Crippen LogP contribution in [-0.2, 0) is 0 Å². The zero-order valence-corrected chi connectivity index (χ0v) is 9.37. The Morgan fingerprint density at radius 2 is 2.00 bits per heavy atom. The molecule has 1 unspecified atom stereocenters. The van der Waals surface area contributed by atoms with Gasteiger partial charge in [-0.25, -0.2) is 0 Å². The van der Waals surface area contributed by atoms with Crippen molar-refractivity contribution in [3.8, 4) is 0 Å². The first-order chi connectivity index (χ1) is 6.77. The lowest BCUT2D eigenvalue weighted by atomic mass is 10.0. The first kappa shape index (κ1) is 10.2. The van der Waals surface area contributed by atoms with Crippen molar-refractivity contribution in [2.45, 2.75) is 38.8 Å². The van der Waals surface area contributed by atoms with Gasteiger partial charge in [0, 0.05) is 31.7 Å². The van der Waals surface area contributed by atoms with Crippen molar-refractivity contribution >= 4 is 0 Å². The molecule has 0 saturated carbocycles. The van der Waals surface area contributed by atoms with Crippen molar-refractivity contribution in [3.05, 3.63) is 12.2 Å². The maximum Gasteiger partial charge on any atom is 0.0218 e. The summed E-state index contributed by atoms with van der Waals surface area (Å²) in [4.78, 5) is 2.67. The highest BCUT2D eigenvalue weighted by molar-refractivity contribution is 5.00. The van der Waals surface area contributed by atoms with Crippen LogP contribution in [-0.4, -0.2) is 36.6 Å². The smallest absolute Gasteiger partial charge is 0.0218 e. The summed E-state index contributed by atoms with van der Waals surface area (Å²) in [6, 6.07) is 1.50. The van der Waals surface area contributed by atoms with Crippen molar-refractivity contribution in [2.75, 3.05) is 19.6 Å². The molecule has 1 aliphatic heterocycles. The van der Waals surface area contributed by atoms with Gasteiger partial charge in [-0.2, -0.15) is 0 Å². The average molecular weight is 194 g/mol. The summed E-state index contributed by atoms with van der Waals surface area (Å²) in [6.45, 7) is 8.26. The van der Waals surface area contributed by atoms with Crippen LogP contribution in [0.3, 0.4) is 0 Å². The Morgan fingerprint density at radius 1 is 1.29 bits per heavy atom. The van der Waals surface area contributed by atoms with E-state index in [-0.39, 0.29) is 0 Å². The summed E-state index contributed by atoms with van der Waals surface area (Å²) in [6.07, 6.45) is 7.20. The number of nitrogens with zero attached hydrogens (tertiary/aromatic N) is 1. The lowest BCUT2D eigenvalue weighted by Crippen LogP contribution is -2.55. The SMILES string of the molecule is CC(C)C1CN(C2CC=CC2)CCN1. The van der Waals surface area contributed by atoms with Gasteiger partial charge in [-0.05, 0) is 18.8 Å². The van der Waals surface area contributed by atoms with Gasteiger partial charge < -0.3 is 5.32 Å². The van der Waals surface area contributed by atoms with E-state index in [1.807, 2.05) is 0 Å². The maximum absolute atomic E-state index is 3.61. The van der Waals surface area contributed by atoms with E-state index in [1.165, 1.54) is 32.5 Å². The monoisotopic (exact) mass is 194 g/mol. The number of rotatable bonds is 2. The second-order valence-electron chi connectivity index (χ2n) is 4.90. The van der Waals surface area contributed by atoms with E-state index in [9.17, 15) is 0 Å². The van der Waals surface area contributed by atoms with Crippen LogP contribution in [0.15, 0.2) is 12.2 Å². The molecule has 1 heterocycles. The lowest BCUT2D eigenvalue weighted by molar-refractivity contribution is 0.131. The van der Waals surface area contributed by atoms with E-state index in [2.05, 4.69) is 36.2 Å². The molecule has 1 aliphatic carbocycles. The molecule has 0 aromatic carbocycles. The van der Waals surface area contributed by atoms with E-state index in [0.29, 0.717) is 6.04 Å². The van der Waals surface area contributed by atoms with E-state index in [0.717, 1.165) is 12.0 Å². The van der Waals surface area contributed by atoms with Gasteiger partial charge in [0.05, 0.1) is 0 Å². The topological polar surface area (TPSA) is 15.3 Å². The molecule has 1 saturated heterocycles. The molecule has 2 aliphatic rings. The molecule has 0 radical (unpaired) electrons. The van der Waals surface area contributed by atoms with Gasteiger partial charge in [0.1, 0.15) is 0 Å². The van der Waals surface area contributed by atoms with Gasteiger partial charge >= 0.3 is 0 Å². The van der Waals surface area contributed by atoms with Gasteiger partial charge in [-0.3, -0.25) is 4.90 Å². The third-order valence-electron chi connectivity index (χ3n) is 3.54. The molecule has 0 bridgehead atoms. The second-order valence-corrected chi connectivity index (χ2v) is 4.90. The highest BCUT2D eigenvalue weighted by Gasteiger charge is 2.26. The Morgan fingerprint density at radius 3 is 2.64 bits per heavy atom. The molecule has 2 rings (SSSR count). The third-order valence-corrected chi connectivity index (χ3v) is 3.54. The molecule has 1 atom stereocenters. The Kier molecular flexibility index (Phi) is 3.24. The van der Waals surface area contributed by atoms with Gasteiger partial charge in [-0.1, -0.05) is 26.0 Å². The molecular weight excluding hydrogens is 172 g/mol. The zero-order valence-electron chi connectivity index (χ0n) is 9.37. The normalized spacial score (nSPS) is 30.4. The maximum atomic E-state index is 3.61. The molecule has 0 aromatic rings. The van der Waals surface area contributed by atoms with Crippen LogP contribution in [0.2, 0.25) is 0 Å². The number of nitrogens with one attached hydrogen (secondary N) is 1. The zero-order chi connectivity index (χ0) is 9.97. The standard InChI is InChI=1S/C12H22N2/c1-10(2)12-9-14(8-7-13-12)11-5-3-4-6-11/h3-4,10-13H,5-9H2,1-2H3. The van der Waals surface area contributed by atoms with Crippen LogP contribution in [0, 0.1) is 5.92 Å². The largest absolute Gasteiger partial charge is 0.311 e. The molecule has 80 valence electrons. The van der Waals surface area contributed by atoms with Crippen molar-refractivity contribution in [1.29, 1.82) is 0 Å². The van der Waals surface area contributed by atoms with Crippen LogP contribution in [0.4, 0.5) is 0 Å². The fourth-order valence-corrected chi connectivity index (χ4v) is 2.48. The molecule has 0 amide bonds. The van der Waals surface area contributed by atoms with E-state index >= 15 is 0 Å². The Bertz CT molecular complexity index is 202. The summed E-state index contributed by atoms with van der Waals surface area (Å²) < 4.78 is 0. The summed E-state index contributed by atoms with van der Waals surface area (Å²) in [7, 11) is 0. The highest BCUT2D eigenvalue weighted by Crippen LogP contribution is 2.19. The summed E-state index contributed by atoms with van der Waals surface area (Å²) in [5.74, 6) is 0.757. The Hall–Kier alpha value is -0.340. The molecular formula is C12H22N2. The minimum Gasteiger partial charge on any atom is -0.311 e. The second kappa shape index (κ2) is 4.45. The number of piperazine rings is 1. The first-order valence-corrected chi connectivity index (χ1v) is 5.90. The van der Waals surface area contributed by atoms with Gasteiger partial charge in [0.25, 0.3) is 0 Å². The summed E-state index contributed by atoms with van der Waals surface area (Å²) >= 11 is 0. The molecule has 2 heteroatoms. The minimum absolute atomic E-state index is 0.698. The molecule has 1 fully saturated rings. The average Bonchev–Trinajstić information content (AvgIpc) is 2.71. The van der Waals surface area contributed by atoms with Crippen LogP contribution in [0.25, 0.3) is 0 Å². The van der Waals surface area contributed by atoms with Crippen molar-refractivity contribution < 1.29 is 0 Å². The molecule has 0 aromatic heterocycles. The third kappa shape index (κ3) is 2.18. The van der Waals surface area contributed by atoms with Gasteiger partial charge in [0.15, 0.2) is 0 Å². The molecule has 1 N–H and O–H groups in total. The van der Waals surface area contributed by atoms with E-state index in [4.69, 9.17) is 0 Å². The van der Waals surface area contributed by atoms with Crippen molar-refractivity contribution in [2.24, 2.45) is 5.92 Å². The van der Waals surface area contributed by atoms with Gasteiger partial charge in [-0.15, -0.1) is 0 Å². The van der Waals surface area contributed by atoms with Crippen LogP contribution >= 0.6 is 0 Å². The summed E-state index contributed by atoms with van der Waals surface area (Å²) in [5.41, 5.74) is 0. The Balaban J connectivity index is 1.87. The minimum atomic E-state index is 0.698. The van der Waals surface area contributed by atoms with Crippen LogP contribution in [0.5, 0.6) is 0 Å². The fourth-order valence-electron chi connectivity index (χ4n) is 2.48. The van der Waals surface area contributed by atoms with E-state index in [1.54, 1.807) is 0 Å². The Labute approximate surface area is 87.4 Å². The predicted molar refractivity (Wildman–Crippen MR) is 60.4 cm³/mol. The molecule has 0 spiro atoms. The fraction of sp³-hybridized carbons (Fsp3) is 0.833. The summed E-state index contributed by atoms with van der Waals surface area (Å²) in [5, 5.41) is 3.61. The van der Waals surface area contributed by atoms with Crippen LogP contribution in [0.1, 0.15) is 26.7 Å². The lowest BCUT2D eigenvalue weighted by Gasteiger charge is -2.39. The van der Waals surface area contributed by atoms with Crippen molar-refractivity contribution in [1.82, 2.24) is 10.2 Å². The number of hydrogen-bond acceptors (Lipinski definition) is 2. The highest BCUT2D eigenvalue weighted by atomic mass is 15.2. The van der Waals surface area contributed by atoms with E-state index < -0.39 is 0 Å². The molecule has 2 nitrogen and oxygen atoms in total.